The number of hydrogen-bond donors (Lipinski definition) is 2. The molecule has 5 heteroatoms. The maximum absolute atomic E-state index is 12.6. The topological polar surface area (TPSA) is 38.9 Å². The molecule has 0 aliphatic carbocycles. The Morgan fingerprint density at radius 2 is 2.00 bits per heavy atom. The highest BCUT2D eigenvalue weighted by molar-refractivity contribution is 9.10. The predicted molar refractivity (Wildman–Crippen MR) is 122 cm³/mol. The summed E-state index contributed by atoms with van der Waals surface area (Å²) in [5, 5.41) is 0. The lowest BCUT2D eigenvalue weighted by Gasteiger charge is -2.03. The van der Waals surface area contributed by atoms with Crippen LogP contribution in [0.4, 0.5) is 10.1 Å². The van der Waals surface area contributed by atoms with Crippen molar-refractivity contribution in [2.75, 3.05) is 5.73 Å². The van der Waals surface area contributed by atoms with Crippen LogP contribution in [0, 0.1) is 12.7 Å². The minimum Gasteiger partial charge on any atom is -0.398 e. The van der Waals surface area contributed by atoms with E-state index in [1.165, 1.54) is 6.07 Å². The van der Waals surface area contributed by atoms with Gasteiger partial charge < -0.3 is 5.73 Å². The van der Waals surface area contributed by atoms with Gasteiger partial charge in [-0.15, -0.1) is 12.6 Å². The van der Waals surface area contributed by atoms with Gasteiger partial charge in [-0.1, -0.05) is 32.4 Å². The van der Waals surface area contributed by atoms with Crippen LogP contribution in [0.5, 0.6) is 0 Å². The van der Waals surface area contributed by atoms with E-state index in [4.69, 9.17) is 5.73 Å². The quantitative estimate of drug-likeness (QED) is 0.288. The summed E-state index contributed by atoms with van der Waals surface area (Å²) >= 11 is 7.51. The average Bonchev–Trinajstić information content (AvgIpc) is 2.65. The molecule has 0 spiro atoms. The highest BCUT2D eigenvalue weighted by Gasteiger charge is 2.01. The normalized spacial score (nSPS) is 11.8. The Hall–Kier alpha value is -1.59. The van der Waals surface area contributed by atoms with Crippen LogP contribution in [0.15, 0.2) is 51.9 Å². The number of allylic oxidation sites excluding steroid dienone is 3. The summed E-state index contributed by atoms with van der Waals surface area (Å²) in [5.74, 6) is -0.317. The van der Waals surface area contributed by atoms with Crippen LogP contribution >= 0.6 is 28.6 Å². The highest BCUT2D eigenvalue weighted by Crippen LogP contribution is 2.21. The maximum Gasteiger partial charge on any atom is 0.139 e. The standard InChI is InChI=1S/C15H21NS.C7H7BrFN/c1-4-6-9-14(17)11-12(3)15-10-7-8-13(5-2)16-15;1-4-2-5(8)6(9)3-7(4)10/h7-11,17H,4-6H2,1-3H3;2-3H,10H2,1H3/b12-11+,14-9+;. The number of nitrogens with zero attached hydrogens (tertiary/aromatic N) is 1. The number of unbranched alkanes of at least 4 members (excludes halogenated alkanes) is 1. The number of pyridine rings is 1. The number of thiol groups is 1. The zero-order valence-electron chi connectivity index (χ0n) is 16.4. The fourth-order valence-electron chi connectivity index (χ4n) is 2.20. The summed E-state index contributed by atoms with van der Waals surface area (Å²) in [6, 6.07) is 9.13. The predicted octanol–water partition coefficient (Wildman–Crippen LogP) is 7.14. The van der Waals surface area contributed by atoms with Gasteiger partial charge in [0.25, 0.3) is 0 Å². The van der Waals surface area contributed by atoms with E-state index in [9.17, 15) is 4.39 Å². The fourth-order valence-corrected chi connectivity index (χ4v) is 2.99. The third-order valence-corrected chi connectivity index (χ3v) is 4.81. The molecule has 0 aliphatic rings. The fraction of sp³-hybridized carbons (Fsp3) is 0.318. The van der Waals surface area contributed by atoms with E-state index in [1.54, 1.807) is 6.07 Å². The van der Waals surface area contributed by atoms with E-state index in [1.807, 2.05) is 13.0 Å². The summed E-state index contributed by atoms with van der Waals surface area (Å²) in [6.45, 7) is 8.20. The van der Waals surface area contributed by atoms with E-state index < -0.39 is 0 Å². The summed E-state index contributed by atoms with van der Waals surface area (Å²) in [4.78, 5) is 5.62. The molecule has 0 atom stereocenters. The van der Waals surface area contributed by atoms with Crippen LogP contribution in [-0.2, 0) is 6.42 Å². The van der Waals surface area contributed by atoms with Crippen LogP contribution in [0.1, 0.15) is 50.6 Å². The van der Waals surface area contributed by atoms with Crippen LogP contribution in [-0.4, -0.2) is 4.98 Å². The van der Waals surface area contributed by atoms with Gasteiger partial charge in [0, 0.05) is 16.3 Å². The number of nitrogen functional groups attached to an aromatic ring is 1. The Morgan fingerprint density at radius 1 is 1.30 bits per heavy atom. The number of halogens is 2. The summed E-state index contributed by atoms with van der Waals surface area (Å²) < 4.78 is 13.1. The molecule has 1 heterocycles. The van der Waals surface area contributed by atoms with Crippen molar-refractivity contribution in [2.24, 2.45) is 0 Å². The van der Waals surface area contributed by atoms with E-state index in [0.717, 1.165) is 46.7 Å². The molecule has 2 nitrogen and oxygen atoms in total. The number of benzene rings is 1. The van der Waals surface area contributed by atoms with Crippen LogP contribution in [0.3, 0.4) is 0 Å². The molecule has 146 valence electrons. The van der Waals surface area contributed by atoms with Gasteiger partial charge in [-0.3, -0.25) is 4.98 Å². The van der Waals surface area contributed by atoms with Gasteiger partial charge in [0.15, 0.2) is 0 Å². The molecule has 0 amide bonds. The second-order valence-corrected chi connectivity index (χ2v) is 7.61. The molecular formula is C22H28BrFN2S. The zero-order valence-corrected chi connectivity index (χ0v) is 18.9. The molecule has 2 aromatic rings. The van der Waals surface area contributed by atoms with Crippen molar-refractivity contribution in [1.82, 2.24) is 4.98 Å². The van der Waals surface area contributed by atoms with Crippen molar-refractivity contribution in [1.29, 1.82) is 0 Å². The largest absolute Gasteiger partial charge is 0.398 e. The summed E-state index contributed by atoms with van der Waals surface area (Å²) in [6.07, 6.45) is 7.43. The molecule has 0 aliphatic heterocycles. The van der Waals surface area contributed by atoms with E-state index >= 15 is 0 Å². The van der Waals surface area contributed by atoms with Crippen LogP contribution in [0.25, 0.3) is 5.57 Å². The van der Waals surface area contributed by atoms with Gasteiger partial charge in [-0.2, -0.15) is 0 Å². The molecule has 1 aromatic carbocycles. The molecule has 0 bridgehead atoms. The monoisotopic (exact) mass is 450 g/mol. The van der Waals surface area contributed by atoms with Gasteiger partial charge in [0.2, 0.25) is 0 Å². The summed E-state index contributed by atoms with van der Waals surface area (Å²) in [7, 11) is 0. The SMILES string of the molecule is CCC/C=C(S)\C=C(/C)c1cccc(CC)n1.Cc1cc(Br)c(F)cc1N. The number of aryl methyl sites for hydroxylation is 2. The molecule has 0 unspecified atom stereocenters. The lowest BCUT2D eigenvalue weighted by atomic mass is 10.1. The molecular weight excluding hydrogens is 423 g/mol. The lowest BCUT2D eigenvalue weighted by molar-refractivity contribution is 0.621. The second kappa shape index (κ2) is 12.0. The highest BCUT2D eigenvalue weighted by atomic mass is 79.9. The second-order valence-electron chi connectivity index (χ2n) is 6.24. The molecule has 0 fully saturated rings. The Kier molecular flexibility index (Phi) is 10.4. The maximum atomic E-state index is 12.6. The number of nitrogens with two attached hydrogens (primary N) is 1. The lowest BCUT2D eigenvalue weighted by Crippen LogP contribution is -1.91. The first-order valence-electron chi connectivity index (χ1n) is 9.03. The molecule has 0 radical (unpaired) electrons. The minimum atomic E-state index is -0.317. The molecule has 2 N–H and O–H groups in total. The Labute approximate surface area is 176 Å². The molecule has 1 aromatic heterocycles. The van der Waals surface area contributed by atoms with Gasteiger partial charge in [0.05, 0.1) is 10.2 Å². The summed E-state index contributed by atoms with van der Waals surface area (Å²) in [5.41, 5.74) is 10.1. The molecule has 0 saturated heterocycles. The van der Waals surface area contributed by atoms with Gasteiger partial charge >= 0.3 is 0 Å². The minimum absolute atomic E-state index is 0.317. The third kappa shape index (κ3) is 8.31. The van der Waals surface area contributed by atoms with Crippen molar-refractivity contribution in [3.63, 3.8) is 0 Å². The van der Waals surface area contributed by atoms with Crippen molar-refractivity contribution >= 4 is 39.8 Å². The van der Waals surface area contributed by atoms with Crippen molar-refractivity contribution in [3.8, 4) is 0 Å². The molecule has 27 heavy (non-hydrogen) atoms. The number of aromatic nitrogens is 1. The Balaban J connectivity index is 0.000000309. The number of hydrogen-bond acceptors (Lipinski definition) is 3. The van der Waals surface area contributed by atoms with Crippen LogP contribution < -0.4 is 5.73 Å². The van der Waals surface area contributed by atoms with E-state index in [0.29, 0.717) is 10.2 Å². The van der Waals surface area contributed by atoms with Crippen molar-refractivity contribution in [3.05, 3.63) is 74.6 Å². The van der Waals surface area contributed by atoms with Gasteiger partial charge in [-0.05, 0) is 84.1 Å². The van der Waals surface area contributed by atoms with Crippen molar-refractivity contribution in [2.45, 2.75) is 47.0 Å². The first-order valence-corrected chi connectivity index (χ1v) is 10.3. The van der Waals surface area contributed by atoms with Gasteiger partial charge in [0.1, 0.15) is 5.82 Å². The van der Waals surface area contributed by atoms with Crippen LogP contribution in [0.2, 0.25) is 0 Å². The Bertz CT molecular complexity index is 766. The first-order chi connectivity index (χ1) is 12.8. The molecule has 2 rings (SSSR count). The smallest absolute Gasteiger partial charge is 0.139 e. The third-order valence-electron chi connectivity index (χ3n) is 3.89. The number of anilines is 1. The number of rotatable bonds is 5. The Morgan fingerprint density at radius 3 is 2.59 bits per heavy atom. The first kappa shape index (κ1) is 23.4. The van der Waals surface area contributed by atoms with Gasteiger partial charge in [-0.25, -0.2) is 4.39 Å². The van der Waals surface area contributed by atoms with Crippen molar-refractivity contribution < 1.29 is 4.39 Å². The average molecular weight is 451 g/mol. The van der Waals surface area contributed by atoms with E-state index in [-0.39, 0.29) is 5.82 Å². The van der Waals surface area contributed by atoms with E-state index in [2.05, 4.69) is 78.6 Å². The zero-order chi connectivity index (χ0) is 20.4. The molecule has 0 saturated carbocycles.